The van der Waals surface area contributed by atoms with Crippen LogP contribution in [0.5, 0.6) is 0 Å². The third-order valence-corrected chi connectivity index (χ3v) is 4.84. The van der Waals surface area contributed by atoms with Gasteiger partial charge in [-0.05, 0) is 32.6 Å². The Morgan fingerprint density at radius 2 is 2.10 bits per heavy atom. The van der Waals surface area contributed by atoms with Crippen molar-refractivity contribution < 1.29 is 9.53 Å². The van der Waals surface area contributed by atoms with Crippen molar-refractivity contribution in [3.63, 3.8) is 0 Å². The fraction of sp³-hybridized carbons (Fsp3) is 0.800. The van der Waals surface area contributed by atoms with Gasteiger partial charge in [0.1, 0.15) is 11.7 Å². The number of ether oxygens (including phenoxy) is 1. The highest BCUT2D eigenvalue weighted by Crippen LogP contribution is 2.45. The summed E-state index contributed by atoms with van der Waals surface area (Å²) < 4.78 is 7.46. The van der Waals surface area contributed by atoms with Crippen LogP contribution in [0.25, 0.3) is 0 Å². The van der Waals surface area contributed by atoms with Crippen LogP contribution < -0.4 is 0 Å². The highest BCUT2D eigenvalue weighted by atomic mass is 16.5. The molecule has 0 amide bonds. The molecular weight excluding hydrogens is 254 g/mol. The first-order chi connectivity index (χ1) is 9.78. The number of carbonyl (C=O) groups is 1. The lowest BCUT2D eigenvalue weighted by Crippen LogP contribution is -2.46. The predicted molar refractivity (Wildman–Crippen MR) is 74.3 cm³/mol. The highest BCUT2D eigenvalue weighted by Gasteiger charge is 2.51. The van der Waals surface area contributed by atoms with Crippen LogP contribution in [-0.2, 0) is 14.9 Å². The molecule has 0 unspecified atom stereocenters. The van der Waals surface area contributed by atoms with Crippen LogP contribution in [0.4, 0.5) is 0 Å². The van der Waals surface area contributed by atoms with E-state index in [4.69, 9.17) is 4.74 Å². The van der Waals surface area contributed by atoms with Gasteiger partial charge < -0.3 is 9.30 Å². The van der Waals surface area contributed by atoms with Crippen molar-refractivity contribution in [3.8, 4) is 0 Å². The Hall–Kier alpha value is -1.39. The average molecular weight is 277 g/mol. The van der Waals surface area contributed by atoms with Crippen LogP contribution in [0, 0.1) is 0 Å². The largest absolute Gasteiger partial charge is 0.465 e. The quantitative estimate of drug-likeness (QED) is 0.794. The van der Waals surface area contributed by atoms with E-state index >= 15 is 0 Å². The molecule has 1 heterocycles. The molecule has 110 valence electrons. The van der Waals surface area contributed by atoms with E-state index in [1.807, 2.05) is 13.3 Å². The van der Waals surface area contributed by atoms with Crippen LogP contribution in [0.15, 0.2) is 6.33 Å². The molecule has 1 aromatic rings. The van der Waals surface area contributed by atoms with E-state index in [0.29, 0.717) is 12.6 Å². The molecule has 0 bridgehead atoms. The molecule has 0 saturated heterocycles. The first-order valence-corrected chi connectivity index (χ1v) is 7.85. The second-order valence-corrected chi connectivity index (χ2v) is 6.01. The van der Waals surface area contributed by atoms with Crippen LogP contribution in [0.2, 0.25) is 0 Å². The number of hydrogen-bond acceptors (Lipinski definition) is 4. The van der Waals surface area contributed by atoms with Crippen molar-refractivity contribution >= 4 is 5.97 Å². The van der Waals surface area contributed by atoms with Gasteiger partial charge in [-0.3, -0.25) is 4.79 Å². The maximum atomic E-state index is 12.4. The Morgan fingerprint density at radius 1 is 1.35 bits per heavy atom. The van der Waals surface area contributed by atoms with Gasteiger partial charge in [-0.1, -0.05) is 25.7 Å². The van der Waals surface area contributed by atoms with Crippen LogP contribution >= 0.6 is 0 Å². The number of hydrogen-bond donors (Lipinski definition) is 0. The number of esters is 1. The van der Waals surface area contributed by atoms with Crippen LogP contribution in [0.1, 0.15) is 70.2 Å². The summed E-state index contributed by atoms with van der Waals surface area (Å²) in [6.07, 6.45) is 10.7. The van der Waals surface area contributed by atoms with Crippen molar-refractivity contribution in [2.24, 2.45) is 0 Å². The molecular formula is C15H23N3O2. The molecule has 0 spiro atoms. The molecule has 2 aliphatic rings. The summed E-state index contributed by atoms with van der Waals surface area (Å²) in [6.45, 7) is 2.29. The number of carbonyl (C=O) groups excluding carboxylic acids is 1. The Bertz CT molecular complexity index is 473. The monoisotopic (exact) mass is 277 g/mol. The van der Waals surface area contributed by atoms with Gasteiger partial charge in [0.05, 0.1) is 6.61 Å². The fourth-order valence-corrected chi connectivity index (χ4v) is 3.53. The zero-order chi connectivity index (χ0) is 14.0. The Kier molecular flexibility index (Phi) is 3.76. The molecule has 2 aliphatic carbocycles. The maximum absolute atomic E-state index is 12.4. The SMILES string of the molecule is CCOC(=O)C1(c2nncn2C2CCCCC2)CCC1. The lowest BCUT2D eigenvalue weighted by Gasteiger charge is -2.39. The van der Waals surface area contributed by atoms with Gasteiger partial charge in [0.15, 0.2) is 5.82 Å². The Labute approximate surface area is 119 Å². The number of rotatable bonds is 4. The van der Waals surface area contributed by atoms with Gasteiger partial charge in [0.2, 0.25) is 0 Å². The molecule has 3 rings (SSSR count). The Morgan fingerprint density at radius 3 is 2.70 bits per heavy atom. The summed E-state index contributed by atoms with van der Waals surface area (Å²) in [5, 5.41) is 8.39. The molecule has 0 aromatic carbocycles. The zero-order valence-electron chi connectivity index (χ0n) is 12.2. The highest BCUT2D eigenvalue weighted by molar-refractivity contribution is 5.83. The fourth-order valence-electron chi connectivity index (χ4n) is 3.53. The third-order valence-electron chi connectivity index (χ3n) is 4.84. The predicted octanol–water partition coefficient (Wildman–Crippen LogP) is 2.77. The van der Waals surface area contributed by atoms with Crippen LogP contribution in [-0.4, -0.2) is 27.3 Å². The van der Waals surface area contributed by atoms with E-state index in [2.05, 4.69) is 14.8 Å². The summed E-state index contributed by atoms with van der Waals surface area (Å²) in [4.78, 5) is 12.4. The smallest absolute Gasteiger partial charge is 0.319 e. The van der Waals surface area contributed by atoms with Gasteiger partial charge >= 0.3 is 5.97 Å². The Balaban J connectivity index is 1.89. The first-order valence-electron chi connectivity index (χ1n) is 7.85. The summed E-state index contributed by atoms with van der Waals surface area (Å²) in [5.74, 6) is 0.727. The van der Waals surface area contributed by atoms with Crippen molar-refractivity contribution in [2.45, 2.75) is 69.7 Å². The molecule has 1 aromatic heterocycles. The molecule has 0 atom stereocenters. The normalized spacial score (nSPS) is 22.2. The van der Waals surface area contributed by atoms with Gasteiger partial charge in [-0.25, -0.2) is 0 Å². The minimum atomic E-state index is -0.524. The summed E-state index contributed by atoms with van der Waals surface area (Å²) in [5.41, 5.74) is -0.524. The van der Waals surface area contributed by atoms with Crippen LogP contribution in [0.3, 0.4) is 0 Å². The minimum absolute atomic E-state index is 0.115. The maximum Gasteiger partial charge on any atom is 0.319 e. The van der Waals surface area contributed by atoms with Gasteiger partial charge in [-0.2, -0.15) is 0 Å². The van der Waals surface area contributed by atoms with E-state index in [9.17, 15) is 4.79 Å². The van der Waals surface area contributed by atoms with Crippen molar-refractivity contribution in [3.05, 3.63) is 12.2 Å². The molecule has 0 N–H and O–H groups in total. The van der Waals surface area contributed by atoms with E-state index in [-0.39, 0.29) is 5.97 Å². The molecule has 20 heavy (non-hydrogen) atoms. The van der Waals surface area contributed by atoms with E-state index in [1.165, 1.54) is 32.1 Å². The summed E-state index contributed by atoms with van der Waals surface area (Å²) >= 11 is 0. The van der Waals surface area contributed by atoms with E-state index in [0.717, 1.165) is 25.1 Å². The average Bonchev–Trinajstić information content (AvgIpc) is 2.88. The molecule has 2 saturated carbocycles. The summed E-state index contributed by atoms with van der Waals surface area (Å²) in [6, 6.07) is 0.459. The van der Waals surface area contributed by atoms with Gasteiger partial charge in [-0.15, -0.1) is 10.2 Å². The molecule has 2 fully saturated rings. The molecule has 5 heteroatoms. The van der Waals surface area contributed by atoms with Crippen molar-refractivity contribution in [1.82, 2.24) is 14.8 Å². The molecule has 0 radical (unpaired) electrons. The second-order valence-electron chi connectivity index (χ2n) is 6.01. The second kappa shape index (κ2) is 5.54. The topological polar surface area (TPSA) is 57.0 Å². The first kappa shape index (κ1) is 13.6. The summed E-state index contributed by atoms with van der Waals surface area (Å²) in [7, 11) is 0. The third kappa shape index (κ3) is 2.13. The van der Waals surface area contributed by atoms with E-state index < -0.39 is 5.41 Å². The standard InChI is InChI=1S/C15H23N3O2/c1-2-20-14(19)15(9-6-10-15)13-17-16-11-18(13)12-7-4-3-5-8-12/h11-12H,2-10H2,1H3. The number of nitrogens with zero attached hydrogens (tertiary/aromatic N) is 3. The van der Waals surface area contributed by atoms with E-state index in [1.54, 1.807) is 0 Å². The van der Waals surface area contributed by atoms with Gasteiger partial charge in [0, 0.05) is 6.04 Å². The van der Waals surface area contributed by atoms with Crippen molar-refractivity contribution in [2.75, 3.05) is 6.61 Å². The molecule has 5 nitrogen and oxygen atoms in total. The zero-order valence-corrected chi connectivity index (χ0v) is 12.2. The van der Waals surface area contributed by atoms with Crippen molar-refractivity contribution in [1.29, 1.82) is 0 Å². The number of aromatic nitrogens is 3. The lowest BCUT2D eigenvalue weighted by molar-refractivity contribution is -0.154. The molecule has 0 aliphatic heterocycles. The lowest BCUT2D eigenvalue weighted by atomic mass is 9.68. The minimum Gasteiger partial charge on any atom is -0.465 e. The van der Waals surface area contributed by atoms with Gasteiger partial charge in [0.25, 0.3) is 0 Å².